The minimum Gasteiger partial charge on any atom is -0.363 e. The molecule has 5 heteroatoms. The number of likely N-dealkylation sites (tertiary alicyclic amines) is 1. The Morgan fingerprint density at radius 3 is 2.65 bits per heavy atom. The van der Waals surface area contributed by atoms with Gasteiger partial charge < -0.3 is 10.2 Å². The van der Waals surface area contributed by atoms with E-state index in [4.69, 9.17) is 0 Å². The zero-order chi connectivity index (χ0) is 18.1. The van der Waals surface area contributed by atoms with Crippen LogP contribution in [0.25, 0.3) is 0 Å². The summed E-state index contributed by atoms with van der Waals surface area (Å²) in [4.78, 5) is 15.2. The predicted molar refractivity (Wildman–Crippen MR) is 101 cm³/mol. The van der Waals surface area contributed by atoms with E-state index in [0.29, 0.717) is 16.9 Å². The van der Waals surface area contributed by atoms with E-state index in [0.717, 1.165) is 25.3 Å². The second-order valence-electron chi connectivity index (χ2n) is 9.18. The maximum Gasteiger partial charge on any atom is 0.259 e. The van der Waals surface area contributed by atoms with Crippen molar-refractivity contribution in [1.29, 1.82) is 0 Å². The van der Waals surface area contributed by atoms with E-state index in [1.165, 1.54) is 12.0 Å². The Kier molecular flexibility index (Phi) is 3.13. The first-order valence-electron chi connectivity index (χ1n) is 9.57. The molecule has 2 fully saturated rings. The van der Waals surface area contributed by atoms with Gasteiger partial charge in [-0.15, -0.1) is 0 Å². The molecule has 0 bridgehead atoms. The monoisotopic (exact) mass is 350 g/mol. The number of carbonyl (C=O) groups is 1. The number of nitrogens with zero attached hydrogens (tertiary/aromatic N) is 3. The Morgan fingerprint density at radius 1 is 1.19 bits per heavy atom. The van der Waals surface area contributed by atoms with E-state index in [1.807, 2.05) is 15.6 Å². The number of rotatable bonds is 2. The highest BCUT2D eigenvalue weighted by Gasteiger charge is 2.57. The van der Waals surface area contributed by atoms with Crippen molar-refractivity contribution in [3.05, 3.63) is 47.7 Å². The highest BCUT2D eigenvalue weighted by molar-refractivity contribution is 5.99. The lowest BCUT2D eigenvalue weighted by Crippen LogP contribution is -2.39. The normalized spacial score (nSPS) is 31.1. The van der Waals surface area contributed by atoms with Crippen molar-refractivity contribution >= 4 is 11.7 Å². The predicted octanol–water partition coefficient (Wildman–Crippen LogP) is 3.66. The second kappa shape index (κ2) is 5.12. The third-order valence-electron chi connectivity index (χ3n) is 6.61. The van der Waals surface area contributed by atoms with Gasteiger partial charge in [0.2, 0.25) is 0 Å². The van der Waals surface area contributed by atoms with Gasteiger partial charge in [0.05, 0.1) is 17.8 Å². The van der Waals surface area contributed by atoms with Gasteiger partial charge in [-0.1, -0.05) is 37.3 Å². The van der Waals surface area contributed by atoms with Gasteiger partial charge in [0, 0.05) is 13.1 Å². The van der Waals surface area contributed by atoms with Crippen LogP contribution in [0.1, 0.15) is 55.6 Å². The average Bonchev–Trinajstić information content (AvgIpc) is 2.96. The molecule has 0 radical (unpaired) electrons. The molecule has 1 saturated heterocycles. The summed E-state index contributed by atoms with van der Waals surface area (Å²) in [5.41, 5.74) is 2.19. The molecule has 3 atom stereocenters. The maximum atomic E-state index is 13.2. The third kappa shape index (κ3) is 2.29. The van der Waals surface area contributed by atoms with Gasteiger partial charge in [0.1, 0.15) is 11.4 Å². The molecule has 3 aliphatic rings. The van der Waals surface area contributed by atoms with Crippen LogP contribution in [0.2, 0.25) is 0 Å². The van der Waals surface area contributed by atoms with Gasteiger partial charge in [-0.3, -0.25) is 4.79 Å². The largest absolute Gasteiger partial charge is 0.363 e. The molecule has 1 N–H and O–H groups in total. The fourth-order valence-electron chi connectivity index (χ4n) is 4.87. The van der Waals surface area contributed by atoms with Crippen LogP contribution in [0.5, 0.6) is 0 Å². The summed E-state index contributed by atoms with van der Waals surface area (Å²) in [6.07, 6.45) is 3.96. The lowest BCUT2D eigenvalue weighted by Gasteiger charge is -2.38. The van der Waals surface area contributed by atoms with Crippen LogP contribution >= 0.6 is 0 Å². The molecule has 1 unspecified atom stereocenters. The Labute approximate surface area is 154 Å². The number of nitrogens with one attached hydrogen (secondary N) is 1. The van der Waals surface area contributed by atoms with E-state index in [2.05, 4.69) is 55.5 Å². The number of anilines is 1. The summed E-state index contributed by atoms with van der Waals surface area (Å²) in [5.74, 6) is 1.68. The summed E-state index contributed by atoms with van der Waals surface area (Å²) in [6.45, 7) is 8.46. The third-order valence-corrected chi connectivity index (χ3v) is 6.61. The minimum absolute atomic E-state index is 0.122. The van der Waals surface area contributed by atoms with Crippen molar-refractivity contribution in [1.82, 2.24) is 14.7 Å². The number of benzene rings is 1. The summed E-state index contributed by atoms with van der Waals surface area (Å²) in [5, 5.41) is 8.19. The van der Waals surface area contributed by atoms with Gasteiger partial charge >= 0.3 is 0 Å². The number of fused-ring (bicyclic) bond motifs is 2. The fourth-order valence-corrected chi connectivity index (χ4v) is 4.87. The van der Waals surface area contributed by atoms with Crippen molar-refractivity contribution < 1.29 is 4.79 Å². The summed E-state index contributed by atoms with van der Waals surface area (Å²) < 4.78 is 2.00. The maximum absolute atomic E-state index is 13.2. The molecule has 1 amide bonds. The van der Waals surface area contributed by atoms with Gasteiger partial charge in [0.25, 0.3) is 5.91 Å². The Morgan fingerprint density at radius 2 is 1.96 bits per heavy atom. The van der Waals surface area contributed by atoms with Crippen LogP contribution in [0.15, 0.2) is 36.5 Å². The Bertz CT molecular complexity index is 871. The van der Waals surface area contributed by atoms with E-state index in [-0.39, 0.29) is 17.5 Å². The topological polar surface area (TPSA) is 50.2 Å². The highest BCUT2D eigenvalue weighted by atomic mass is 16.2. The minimum atomic E-state index is -0.140. The lowest BCUT2D eigenvalue weighted by molar-refractivity contribution is 0.0767. The number of carbonyl (C=O) groups excluding carboxylic acids is 1. The molecular formula is C21H26N4O. The molecule has 1 aliphatic carbocycles. The van der Waals surface area contributed by atoms with Crippen molar-refractivity contribution in [2.75, 3.05) is 18.4 Å². The first-order valence-corrected chi connectivity index (χ1v) is 9.57. The molecule has 0 spiro atoms. The molecule has 3 heterocycles. The number of aromatic nitrogens is 2. The lowest BCUT2D eigenvalue weighted by atomic mass is 9.89. The van der Waals surface area contributed by atoms with E-state index >= 15 is 0 Å². The van der Waals surface area contributed by atoms with Gasteiger partial charge in [0.15, 0.2) is 0 Å². The standard InChI is InChI=1S/C21H26N4O/c1-20(2)10-17(14-7-5-4-6-8-14)23-18-16(11-22-25(18)20)19(26)24-12-15-9-21(15,3)13-24/h4-8,11,15,17,23H,9-10,12-13H2,1-3H3/t15?,17-,21-/m1/s1. The molecule has 5 rings (SSSR count). The molecule has 2 aromatic rings. The van der Waals surface area contributed by atoms with Crippen molar-refractivity contribution in [2.24, 2.45) is 11.3 Å². The van der Waals surface area contributed by atoms with Crippen molar-refractivity contribution in [3.8, 4) is 0 Å². The Hall–Kier alpha value is -2.30. The molecule has 1 saturated carbocycles. The van der Waals surface area contributed by atoms with Crippen LogP contribution in [0.4, 0.5) is 5.82 Å². The quantitative estimate of drug-likeness (QED) is 0.899. The van der Waals surface area contributed by atoms with E-state index in [9.17, 15) is 4.79 Å². The van der Waals surface area contributed by atoms with Crippen LogP contribution in [0.3, 0.4) is 0 Å². The SMILES string of the molecule is CC1(C)C[C@H](c2ccccc2)Nc2c(C(=O)N3CC4C[C@]4(C)C3)cnn21. The Balaban J connectivity index is 1.48. The van der Waals surface area contributed by atoms with Crippen molar-refractivity contribution in [3.63, 3.8) is 0 Å². The zero-order valence-electron chi connectivity index (χ0n) is 15.7. The summed E-state index contributed by atoms with van der Waals surface area (Å²) in [6, 6.07) is 10.7. The number of amides is 1. The molecule has 5 nitrogen and oxygen atoms in total. The first kappa shape index (κ1) is 15.9. The fraction of sp³-hybridized carbons (Fsp3) is 0.524. The summed E-state index contributed by atoms with van der Waals surface area (Å²) in [7, 11) is 0. The average molecular weight is 350 g/mol. The number of piperidine rings is 1. The smallest absolute Gasteiger partial charge is 0.259 e. The molecule has 2 aliphatic heterocycles. The van der Waals surface area contributed by atoms with Gasteiger partial charge in [-0.2, -0.15) is 5.10 Å². The van der Waals surface area contributed by atoms with Crippen molar-refractivity contribution in [2.45, 2.75) is 45.2 Å². The van der Waals surface area contributed by atoms with Crippen LogP contribution in [-0.4, -0.2) is 33.7 Å². The van der Waals surface area contributed by atoms with E-state index < -0.39 is 0 Å². The molecule has 26 heavy (non-hydrogen) atoms. The zero-order valence-corrected chi connectivity index (χ0v) is 15.7. The van der Waals surface area contributed by atoms with Crippen LogP contribution in [-0.2, 0) is 5.54 Å². The van der Waals surface area contributed by atoms with Crippen LogP contribution < -0.4 is 5.32 Å². The second-order valence-corrected chi connectivity index (χ2v) is 9.18. The molecule has 1 aromatic heterocycles. The number of hydrogen-bond acceptors (Lipinski definition) is 3. The van der Waals surface area contributed by atoms with Crippen LogP contribution in [0, 0.1) is 11.3 Å². The molecule has 1 aromatic carbocycles. The van der Waals surface area contributed by atoms with Gasteiger partial charge in [-0.05, 0) is 43.6 Å². The molecule has 136 valence electrons. The number of hydrogen-bond donors (Lipinski definition) is 1. The molecular weight excluding hydrogens is 324 g/mol. The highest BCUT2D eigenvalue weighted by Crippen LogP contribution is 2.57. The van der Waals surface area contributed by atoms with Gasteiger partial charge in [-0.25, -0.2) is 4.68 Å². The summed E-state index contributed by atoms with van der Waals surface area (Å²) >= 11 is 0. The van der Waals surface area contributed by atoms with E-state index in [1.54, 1.807) is 6.20 Å². The first-order chi connectivity index (χ1) is 12.4.